The summed E-state index contributed by atoms with van der Waals surface area (Å²) in [6.45, 7) is 2.49. The van der Waals surface area contributed by atoms with Gasteiger partial charge in [-0.25, -0.2) is 4.79 Å². The molecule has 0 radical (unpaired) electrons. The normalized spacial score (nSPS) is 11.2. The minimum absolute atomic E-state index is 0.189. The van der Waals surface area contributed by atoms with Crippen LogP contribution in [0.3, 0.4) is 0 Å². The van der Waals surface area contributed by atoms with Gasteiger partial charge >= 0.3 is 5.97 Å². The number of rotatable bonds is 7. The standard InChI is InChI=1S/C19H19ClN2O5/c1-12(27-18(24)11-26-17-6-4-3-5-16(17)20)19(25)22-15-9-7-14(8-10-15)21-13(2)23/h3-10,12H,11H2,1-2H3,(H,21,23)(H,22,25). The van der Waals surface area contributed by atoms with E-state index in [2.05, 4.69) is 10.6 Å². The Bertz CT molecular complexity index is 823. The lowest BCUT2D eigenvalue weighted by Crippen LogP contribution is -2.31. The smallest absolute Gasteiger partial charge is 0.344 e. The highest BCUT2D eigenvalue weighted by Gasteiger charge is 2.18. The summed E-state index contributed by atoms with van der Waals surface area (Å²) >= 11 is 5.93. The zero-order valence-electron chi connectivity index (χ0n) is 14.8. The van der Waals surface area contributed by atoms with Crippen molar-refractivity contribution in [3.63, 3.8) is 0 Å². The maximum atomic E-state index is 12.1. The molecule has 2 N–H and O–H groups in total. The van der Waals surface area contributed by atoms with Gasteiger partial charge in [-0.3, -0.25) is 9.59 Å². The van der Waals surface area contributed by atoms with Gasteiger partial charge in [0.2, 0.25) is 5.91 Å². The zero-order valence-corrected chi connectivity index (χ0v) is 15.6. The summed E-state index contributed by atoms with van der Waals surface area (Å²) in [5, 5.41) is 5.61. The van der Waals surface area contributed by atoms with Gasteiger partial charge in [-0.05, 0) is 43.3 Å². The van der Waals surface area contributed by atoms with Gasteiger partial charge in [-0.2, -0.15) is 0 Å². The van der Waals surface area contributed by atoms with Gasteiger partial charge in [0.05, 0.1) is 5.02 Å². The number of para-hydroxylation sites is 1. The van der Waals surface area contributed by atoms with E-state index in [0.717, 1.165) is 0 Å². The Morgan fingerprint density at radius 1 is 1.00 bits per heavy atom. The van der Waals surface area contributed by atoms with Gasteiger partial charge in [-0.1, -0.05) is 23.7 Å². The molecular formula is C19H19ClN2O5. The Labute approximate surface area is 161 Å². The molecule has 2 aromatic carbocycles. The molecule has 0 spiro atoms. The van der Waals surface area contributed by atoms with Crippen LogP contribution in [0.25, 0.3) is 0 Å². The molecule has 0 aliphatic carbocycles. The van der Waals surface area contributed by atoms with E-state index in [0.29, 0.717) is 22.1 Å². The van der Waals surface area contributed by atoms with Crippen LogP contribution in [0.15, 0.2) is 48.5 Å². The second kappa shape index (κ2) is 9.59. The molecule has 0 heterocycles. The first-order valence-corrected chi connectivity index (χ1v) is 8.48. The number of esters is 1. The lowest BCUT2D eigenvalue weighted by atomic mass is 10.2. The molecule has 0 fully saturated rings. The maximum absolute atomic E-state index is 12.1. The molecule has 0 aliphatic heterocycles. The van der Waals surface area contributed by atoms with E-state index < -0.39 is 18.0 Å². The third-order valence-corrected chi connectivity index (χ3v) is 3.64. The van der Waals surface area contributed by atoms with Gasteiger partial charge in [0.15, 0.2) is 12.7 Å². The van der Waals surface area contributed by atoms with Crippen molar-refractivity contribution < 1.29 is 23.9 Å². The highest BCUT2D eigenvalue weighted by molar-refractivity contribution is 6.32. The average Bonchev–Trinajstić information content (AvgIpc) is 2.62. The summed E-state index contributed by atoms with van der Waals surface area (Å²) in [5.74, 6) is -1.02. The van der Waals surface area contributed by atoms with Gasteiger partial charge < -0.3 is 20.1 Å². The molecule has 0 saturated carbocycles. The Hall–Kier alpha value is -3.06. The molecule has 27 heavy (non-hydrogen) atoms. The molecule has 8 heteroatoms. The summed E-state index contributed by atoms with van der Waals surface area (Å²) in [4.78, 5) is 34.9. The number of anilines is 2. The van der Waals surface area contributed by atoms with Crippen LogP contribution < -0.4 is 15.4 Å². The van der Waals surface area contributed by atoms with Crippen LogP contribution in [0.5, 0.6) is 5.75 Å². The molecular weight excluding hydrogens is 372 g/mol. The highest BCUT2D eigenvalue weighted by atomic mass is 35.5. The Morgan fingerprint density at radius 2 is 1.59 bits per heavy atom. The fourth-order valence-corrected chi connectivity index (χ4v) is 2.26. The number of halogens is 1. The topological polar surface area (TPSA) is 93.7 Å². The molecule has 1 unspecified atom stereocenters. The Morgan fingerprint density at radius 3 is 2.19 bits per heavy atom. The SMILES string of the molecule is CC(=O)Nc1ccc(NC(=O)C(C)OC(=O)COc2ccccc2Cl)cc1. The first-order chi connectivity index (χ1) is 12.8. The van der Waals surface area contributed by atoms with Crippen LogP contribution in [-0.4, -0.2) is 30.5 Å². The van der Waals surface area contributed by atoms with Crippen LogP contribution in [-0.2, 0) is 19.1 Å². The summed E-state index contributed by atoms with van der Waals surface area (Å²) < 4.78 is 10.3. The summed E-state index contributed by atoms with van der Waals surface area (Å²) in [7, 11) is 0. The number of carbonyl (C=O) groups is 3. The van der Waals surface area contributed by atoms with E-state index in [9.17, 15) is 14.4 Å². The van der Waals surface area contributed by atoms with Crippen molar-refractivity contribution >= 4 is 40.8 Å². The molecule has 7 nitrogen and oxygen atoms in total. The van der Waals surface area contributed by atoms with E-state index in [1.165, 1.54) is 13.8 Å². The van der Waals surface area contributed by atoms with E-state index in [4.69, 9.17) is 21.1 Å². The fourth-order valence-electron chi connectivity index (χ4n) is 2.07. The fraction of sp³-hybridized carbons (Fsp3) is 0.211. The third kappa shape index (κ3) is 6.63. The van der Waals surface area contributed by atoms with Crippen molar-refractivity contribution in [3.8, 4) is 5.75 Å². The monoisotopic (exact) mass is 390 g/mol. The number of carbonyl (C=O) groups excluding carboxylic acids is 3. The molecule has 0 aliphatic rings. The summed E-state index contributed by atoms with van der Waals surface area (Å²) in [6.07, 6.45) is -1.01. The van der Waals surface area contributed by atoms with Crippen molar-refractivity contribution in [2.45, 2.75) is 20.0 Å². The van der Waals surface area contributed by atoms with E-state index >= 15 is 0 Å². The van der Waals surface area contributed by atoms with Crippen LogP contribution in [0.2, 0.25) is 5.02 Å². The van der Waals surface area contributed by atoms with Gasteiger partial charge in [-0.15, -0.1) is 0 Å². The Kier molecular flexibility index (Phi) is 7.19. The molecule has 1 atom stereocenters. The quantitative estimate of drug-likeness (QED) is 0.708. The van der Waals surface area contributed by atoms with Gasteiger partial charge in [0.1, 0.15) is 5.75 Å². The maximum Gasteiger partial charge on any atom is 0.344 e. The molecule has 0 bridgehead atoms. The minimum atomic E-state index is -1.01. The first kappa shape index (κ1) is 20.3. The number of hydrogen-bond donors (Lipinski definition) is 2. The largest absolute Gasteiger partial charge is 0.480 e. The van der Waals surface area contributed by atoms with E-state index in [1.54, 1.807) is 48.5 Å². The number of ether oxygens (including phenoxy) is 2. The van der Waals surface area contributed by atoms with Crippen molar-refractivity contribution in [1.82, 2.24) is 0 Å². The number of nitrogens with one attached hydrogen (secondary N) is 2. The summed E-state index contributed by atoms with van der Waals surface area (Å²) in [5.41, 5.74) is 1.11. The molecule has 2 amide bonds. The predicted octanol–water partition coefficient (Wildman–Crippen LogP) is 3.25. The molecule has 2 aromatic rings. The zero-order chi connectivity index (χ0) is 19.8. The lowest BCUT2D eigenvalue weighted by Gasteiger charge is -2.14. The van der Waals surface area contributed by atoms with Gasteiger partial charge in [0.25, 0.3) is 5.91 Å². The van der Waals surface area contributed by atoms with Crippen molar-refractivity contribution in [2.75, 3.05) is 17.2 Å². The third-order valence-electron chi connectivity index (χ3n) is 3.33. The second-order valence-corrected chi connectivity index (χ2v) is 6.01. The molecule has 0 aromatic heterocycles. The molecule has 0 saturated heterocycles. The van der Waals surface area contributed by atoms with Crippen LogP contribution in [0, 0.1) is 0 Å². The highest BCUT2D eigenvalue weighted by Crippen LogP contribution is 2.23. The number of benzene rings is 2. The first-order valence-electron chi connectivity index (χ1n) is 8.10. The van der Waals surface area contributed by atoms with Gasteiger partial charge in [0, 0.05) is 18.3 Å². The van der Waals surface area contributed by atoms with Crippen molar-refractivity contribution in [3.05, 3.63) is 53.6 Å². The van der Waals surface area contributed by atoms with Crippen LogP contribution in [0.1, 0.15) is 13.8 Å². The van der Waals surface area contributed by atoms with Crippen LogP contribution in [0.4, 0.5) is 11.4 Å². The molecule has 2 rings (SSSR count). The lowest BCUT2D eigenvalue weighted by molar-refractivity contribution is -0.155. The second-order valence-electron chi connectivity index (χ2n) is 5.60. The Balaban J connectivity index is 1.81. The van der Waals surface area contributed by atoms with Crippen molar-refractivity contribution in [2.24, 2.45) is 0 Å². The van der Waals surface area contributed by atoms with E-state index in [-0.39, 0.29) is 12.5 Å². The van der Waals surface area contributed by atoms with Crippen LogP contribution >= 0.6 is 11.6 Å². The number of amides is 2. The summed E-state index contributed by atoms with van der Waals surface area (Å²) in [6, 6.07) is 13.3. The minimum Gasteiger partial charge on any atom is -0.480 e. The average molecular weight is 391 g/mol. The number of hydrogen-bond acceptors (Lipinski definition) is 5. The molecule has 142 valence electrons. The van der Waals surface area contributed by atoms with Crippen molar-refractivity contribution in [1.29, 1.82) is 0 Å². The van der Waals surface area contributed by atoms with E-state index in [1.807, 2.05) is 0 Å². The predicted molar refractivity (Wildman–Crippen MR) is 102 cm³/mol.